The van der Waals surface area contributed by atoms with Crippen molar-refractivity contribution in [2.24, 2.45) is 5.92 Å². The molecule has 1 saturated heterocycles. The number of anilines is 1. The van der Waals surface area contributed by atoms with E-state index in [-0.39, 0.29) is 5.91 Å². The van der Waals surface area contributed by atoms with Crippen LogP contribution in [-0.4, -0.2) is 56.1 Å². The van der Waals surface area contributed by atoms with Crippen molar-refractivity contribution < 1.29 is 4.79 Å². The Morgan fingerprint density at radius 2 is 2.09 bits per heavy atom. The number of hydrogen-bond acceptors (Lipinski definition) is 4. The summed E-state index contributed by atoms with van der Waals surface area (Å²) in [7, 11) is 4.06. The molecule has 1 N–H and O–H groups in total. The highest BCUT2D eigenvalue weighted by Crippen LogP contribution is 2.22. The van der Waals surface area contributed by atoms with Crippen molar-refractivity contribution in [1.29, 1.82) is 0 Å². The lowest BCUT2D eigenvalue weighted by atomic mass is 9.99. The normalized spacial score (nSPS) is 16.1. The van der Waals surface area contributed by atoms with E-state index >= 15 is 0 Å². The van der Waals surface area contributed by atoms with E-state index in [0.717, 1.165) is 37.7 Å². The lowest BCUT2D eigenvalue weighted by Crippen LogP contribution is -2.33. The fraction of sp³-hybridized carbons (Fsp3) is 0.647. The molecule has 2 heterocycles. The molecular formula is C17H28N4O. The predicted octanol–water partition coefficient (Wildman–Crippen LogP) is 2.00. The molecule has 1 aromatic rings. The third-order valence-corrected chi connectivity index (χ3v) is 4.20. The molecule has 0 unspecified atom stereocenters. The first-order valence-corrected chi connectivity index (χ1v) is 8.20. The Kier molecular flexibility index (Phi) is 6.19. The number of aromatic nitrogens is 1. The van der Waals surface area contributed by atoms with Crippen molar-refractivity contribution >= 4 is 11.6 Å². The Morgan fingerprint density at radius 1 is 1.36 bits per heavy atom. The molecule has 5 nitrogen and oxygen atoms in total. The highest BCUT2D eigenvalue weighted by Gasteiger charge is 2.16. The molecule has 1 aliphatic heterocycles. The number of nitrogens with one attached hydrogen (secondary N) is 1. The standard InChI is InChI=1S/C17H28N4O/c1-14-7-11-21(12-8-14)15-5-6-16(19-13-15)17(22)18-9-4-10-20(2)3/h5-6,13-14H,4,7-12H2,1-3H3,(H,18,22). The fourth-order valence-electron chi connectivity index (χ4n) is 2.66. The van der Waals surface area contributed by atoms with Gasteiger partial charge in [0.25, 0.3) is 5.91 Å². The lowest BCUT2D eigenvalue weighted by molar-refractivity contribution is 0.0947. The van der Waals surface area contributed by atoms with Gasteiger partial charge in [-0.25, -0.2) is 4.98 Å². The number of carbonyl (C=O) groups excluding carboxylic acids is 1. The monoisotopic (exact) mass is 304 g/mol. The van der Waals surface area contributed by atoms with Crippen LogP contribution in [0.2, 0.25) is 0 Å². The third-order valence-electron chi connectivity index (χ3n) is 4.20. The van der Waals surface area contributed by atoms with Gasteiger partial charge in [0.1, 0.15) is 5.69 Å². The quantitative estimate of drug-likeness (QED) is 0.817. The van der Waals surface area contributed by atoms with Crippen molar-refractivity contribution in [2.75, 3.05) is 45.2 Å². The average Bonchev–Trinajstić information content (AvgIpc) is 2.52. The Bertz CT molecular complexity index is 464. The summed E-state index contributed by atoms with van der Waals surface area (Å²) in [5.41, 5.74) is 1.62. The number of rotatable bonds is 6. The maximum absolute atomic E-state index is 12.0. The van der Waals surface area contributed by atoms with Crippen molar-refractivity contribution in [3.05, 3.63) is 24.0 Å². The van der Waals surface area contributed by atoms with Crippen LogP contribution >= 0.6 is 0 Å². The van der Waals surface area contributed by atoms with Gasteiger partial charge in [0, 0.05) is 19.6 Å². The van der Waals surface area contributed by atoms with Crippen LogP contribution in [0.1, 0.15) is 36.7 Å². The van der Waals surface area contributed by atoms with E-state index in [1.807, 2.05) is 32.4 Å². The number of nitrogens with zero attached hydrogens (tertiary/aromatic N) is 3. The van der Waals surface area contributed by atoms with Gasteiger partial charge in [-0.05, 0) is 58.0 Å². The summed E-state index contributed by atoms with van der Waals surface area (Å²) < 4.78 is 0. The van der Waals surface area contributed by atoms with Crippen LogP contribution in [0, 0.1) is 5.92 Å². The first kappa shape index (κ1) is 16.7. The largest absolute Gasteiger partial charge is 0.370 e. The summed E-state index contributed by atoms with van der Waals surface area (Å²) in [6, 6.07) is 3.84. The van der Waals surface area contributed by atoms with E-state index < -0.39 is 0 Å². The second-order valence-corrected chi connectivity index (χ2v) is 6.48. The van der Waals surface area contributed by atoms with Crippen LogP contribution in [0.3, 0.4) is 0 Å². The molecule has 0 aliphatic carbocycles. The molecule has 0 radical (unpaired) electrons. The lowest BCUT2D eigenvalue weighted by Gasteiger charge is -2.31. The van der Waals surface area contributed by atoms with Crippen LogP contribution in [0.25, 0.3) is 0 Å². The molecule has 1 aliphatic rings. The number of amides is 1. The van der Waals surface area contributed by atoms with Crippen LogP contribution in [0.5, 0.6) is 0 Å². The first-order valence-electron chi connectivity index (χ1n) is 8.20. The molecule has 2 rings (SSSR count). The summed E-state index contributed by atoms with van der Waals surface area (Å²) in [6.45, 7) is 6.13. The van der Waals surface area contributed by atoms with Crippen LogP contribution in [-0.2, 0) is 0 Å². The molecule has 22 heavy (non-hydrogen) atoms. The van der Waals surface area contributed by atoms with E-state index in [2.05, 4.69) is 27.0 Å². The number of carbonyl (C=O) groups is 1. The van der Waals surface area contributed by atoms with E-state index in [1.54, 1.807) is 0 Å². The molecule has 1 amide bonds. The van der Waals surface area contributed by atoms with Gasteiger partial charge >= 0.3 is 0 Å². The summed E-state index contributed by atoms with van der Waals surface area (Å²) in [4.78, 5) is 20.8. The molecule has 0 saturated carbocycles. The summed E-state index contributed by atoms with van der Waals surface area (Å²) >= 11 is 0. The molecule has 122 valence electrons. The van der Waals surface area contributed by atoms with Gasteiger partial charge in [-0.1, -0.05) is 6.92 Å². The fourth-order valence-corrected chi connectivity index (χ4v) is 2.66. The summed E-state index contributed by atoms with van der Waals surface area (Å²) in [6.07, 6.45) is 5.23. The van der Waals surface area contributed by atoms with Gasteiger partial charge in [0.2, 0.25) is 0 Å². The minimum atomic E-state index is -0.0856. The molecule has 5 heteroatoms. The van der Waals surface area contributed by atoms with Gasteiger partial charge in [-0.15, -0.1) is 0 Å². The second kappa shape index (κ2) is 8.13. The summed E-state index contributed by atoms with van der Waals surface area (Å²) in [5, 5.41) is 2.92. The van der Waals surface area contributed by atoms with E-state index in [4.69, 9.17) is 0 Å². The van der Waals surface area contributed by atoms with Gasteiger partial charge in [-0.2, -0.15) is 0 Å². The zero-order chi connectivity index (χ0) is 15.9. The van der Waals surface area contributed by atoms with Gasteiger partial charge < -0.3 is 15.1 Å². The molecule has 0 spiro atoms. The minimum Gasteiger partial charge on any atom is -0.370 e. The number of pyridine rings is 1. The summed E-state index contributed by atoms with van der Waals surface area (Å²) in [5.74, 6) is 0.731. The Balaban J connectivity index is 1.82. The SMILES string of the molecule is CC1CCN(c2ccc(C(=O)NCCCN(C)C)nc2)CC1. The molecular weight excluding hydrogens is 276 g/mol. The molecule has 0 aromatic carbocycles. The van der Waals surface area contributed by atoms with Crippen molar-refractivity contribution in [2.45, 2.75) is 26.2 Å². The maximum Gasteiger partial charge on any atom is 0.269 e. The Morgan fingerprint density at radius 3 is 2.68 bits per heavy atom. The average molecular weight is 304 g/mol. The van der Waals surface area contributed by atoms with Gasteiger partial charge in [0.05, 0.1) is 11.9 Å². The van der Waals surface area contributed by atoms with Crippen molar-refractivity contribution in [3.63, 3.8) is 0 Å². The van der Waals surface area contributed by atoms with E-state index in [1.165, 1.54) is 12.8 Å². The number of piperidine rings is 1. The van der Waals surface area contributed by atoms with Gasteiger partial charge in [0.15, 0.2) is 0 Å². The Hall–Kier alpha value is -1.62. The zero-order valence-electron chi connectivity index (χ0n) is 14.0. The first-order chi connectivity index (χ1) is 10.6. The van der Waals surface area contributed by atoms with Crippen LogP contribution < -0.4 is 10.2 Å². The predicted molar refractivity (Wildman–Crippen MR) is 90.4 cm³/mol. The maximum atomic E-state index is 12.0. The third kappa shape index (κ3) is 4.98. The minimum absolute atomic E-state index is 0.0856. The van der Waals surface area contributed by atoms with Gasteiger partial charge in [-0.3, -0.25) is 4.79 Å². The van der Waals surface area contributed by atoms with Crippen LogP contribution in [0.15, 0.2) is 18.3 Å². The highest BCUT2D eigenvalue weighted by molar-refractivity contribution is 5.92. The topological polar surface area (TPSA) is 48.5 Å². The second-order valence-electron chi connectivity index (χ2n) is 6.48. The van der Waals surface area contributed by atoms with Crippen molar-refractivity contribution in [1.82, 2.24) is 15.2 Å². The zero-order valence-corrected chi connectivity index (χ0v) is 14.0. The smallest absolute Gasteiger partial charge is 0.269 e. The van der Waals surface area contributed by atoms with E-state index in [0.29, 0.717) is 12.2 Å². The highest BCUT2D eigenvalue weighted by atomic mass is 16.1. The Labute approximate surface area is 133 Å². The molecule has 0 bridgehead atoms. The van der Waals surface area contributed by atoms with Crippen LogP contribution in [0.4, 0.5) is 5.69 Å². The van der Waals surface area contributed by atoms with E-state index in [9.17, 15) is 4.79 Å². The molecule has 1 aromatic heterocycles. The molecule has 0 atom stereocenters. The number of hydrogen-bond donors (Lipinski definition) is 1. The van der Waals surface area contributed by atoms with Crippen molar-refractivity contribution in [3.8, 4) is 0 Å². The molecule has 1 fully saturated rings.